The van der Waals surface area contributed by atoms with Crippen molar-refractivity contribution in [3.05, 3.63) is 542 Å². The van der Waals surface area contributed by atoms with Gasteiger partial charge in [-0.15, -0.1) is 0 Å². The number of rotatable bonds is 25. The summed E-state index contributed by atoms with van der Waals surface area (Å²) >= 11 is 0. The first-order valence-corrected chi connectivity index (χ1v) is 37.8. The third-order valence-corrected chi connectivity index (χ3v) is 18.9. The molecule has 0 radical (unpaired) electrons. The topological polar surface area (TPSA) is 0 Å². The monoisotopic (exact) mass is 1470 g/mol. The van der Waals surface area contributed by atoms with Crippen LogP contribution in [0.3, 0.4) is 0 Å². The Morgan fingerprint density at radius 1 is 0.254 bits per heavy atom. The first-order chi connectivity index (χ1) is 55.4. The van der Waals surface area contributed by atoms with Crippen molar-refractivity contribution in [1.82, 2.24) is 0 Å². The number of allylic oxidation sites excluding steroid dienone is 28. The lowest BCUT2D eigenvalue weighted by Crippen LogP contribution is -1.96. The van der Waals surface area contributed by atoms with Gasteiger partial charge in [0, 0.05) is 0 Å². The highest BCUT2D eigenvalue weighted by atomic mass is 14.2. The van der Waals surface area contributed by atoms with Crippen LogP contribution in [0, 0.1) is 0 Å². The van der Waals surface area contributed by atoms with Gasteiger partial charge in [-0.2, -0.15) is 0 Å². The Labute approximate surface area is 679 Å². The molecule has 0 heterocycles. The number of hydrogen-bond donors (Lipinski definition) is 0. The summed E-state index contributed by atoms with van der Waals surface area (Å²) in [5.41, 5.74) is 20.0. The molecule has 0 aliphatic carbocycles. The SMILES string of the molecule is C=C/C=C\C(=C)C(=C)/C=C\C(=C)c1c2ccccc2c(C(=C)/C=C\C(=C)C(=C)/C=C\C=C)c2cc(C=C)c(C=C)cc12.C=C/C=C\C(=C)c1ccc(C=C)c(C=C)ccc(/C(C)=C/C=C\C)c2ccccc12.C=C/C=C\C(=C)c1ccccc1.c1ccc(-c2ccccc2)cc1.c1ccc2cc3cc4ccccc4cc3cc2c1. The highest BCUT2D eigenvalue weighted by Crippen LogP contribution is 2.42. The molecule has 12 rings (SSSR count). The lowest BCUT2D eigenvalue weighted by Gasteiger charge is -2.19. The molecule has 0 unspecified atom stereocenters. The second-order valence-corrected chi connectivity index (χ2v) is 26.6. The smallest absolute Gasteiger partial charge is 0.00321 e. The first kappa shape index (κ1) is 85.1. The number of fused-ring (bicyclic) bond motifs is 6. The van der Waals surface area contributed by atoms with E-state index < -0.39 is 0 Å². The Balaban J connectivity index is 0.000000194. The van der Waals surface area contributed by atoms with Crippen LogP contribution in [-0.2, 0) is 0 Å². The Morgan fingerprint density at radius 2 is 0.579 bits per heavy atom. The minimum atomic E-state index is 0.795. The maximum absolute atomic E-state index is 4.49. The maximum Gasteiger partial charge on any atom is -0.00321 e. The molecule has 0 fully saturated rings. The van der Waals surface area contributed by atoms with Crippen LogP contribution in [0.15, 0.2) is 492 Å². The molecule has 0 amide bonds. The molecule has 0 saturated heterocycles. The van der Waals surface area contributed by atoms with E-state index in [0.29, 0.717) is 0 Å². The molecule has 0 aliphatic rings. The van der Waals surface area contributed by atoms with Gasteiger partial charge in [0.25, 0.3) is 0 Å². The predicted octanol–water partition coefficient (Wildman–Crippen LogP) is 33.1. The van der Waals surface area contributed by atoms with Crippen molar-refractivity contribution in [2.45, 2.75) is 13.8 Å². The standard InChI is InChI=1S/C42H38.C30H30.C18H12.C12H10.C12H12/c1-11-15-19-29(5)31(7)23-25-33(9)41-37-21-17-18-22-38(37)42(34(10)26-24-32(8)30(6)20-16-12-2)40-28-36(14-4)35(13-3)27-39(40)41;1-7-11-15-23(5)27-21-19-25(9-3)26(10-4)20-22-28(24(6)16-12-8-2)30-18-14-13-17-29(27)30;1-2-6-14-10-18-12-16-8-4-3-7-15(16)11-17(18)9-13(14)5-1;1-3-7-11(8-4-1)12-9-5-2-6-10-12;1-3-4-8-11(2)12-9-6-5-7-10-12/h11-28H,1-10H2;7-22H,1,3-5H2,2,6H3;1-12H;1-10H;3-10H,1-2H2/b19-15-,20-16-,25-23-,26-24-;12-8-,15-11-,21-19?,22-20?,24-16+,25-19?,26-20?,26-25?,27-21?,28-22?,29-27?,30-28?;;;8-4-. The predicted molar refractivity (Wildman–Crippen MR) is 517 cm³/mol. The van der Waals surface area contributed by atoms with Gasteiger partial charge < -0.3 is 0 Å². The van der Waals surface area contributed by atoms with Gasteiger partial charge in [-0.3, -0.25) is 0 Å². The van der Waals surface area contributed by atoms with E-state index in [2.05, 4.69) is 318 Å². The van der Waals surface area contributed by atoms with Crippen molar-refractivity contribution in [3.63, 3.8) is 0 Å². The third kappa shape index (κ3) is 23.2. The van der Waals surface area contributed by atoms with Gasteiger partial charge in [0.2, 0.25) is 0 Å². The summed E-state index contributed by atoms with van der Waals surface area (Å²) in [5.74, 6) is 0. The van der Waals surface area contributed by atoms with Crippen LogP contribution in [-0.4, -0.2) is 0 Å². The van der Waals surface area contributed by atoms with Gasteiger partial charge in [0.05, 0.1) is 0 Å². The van der Waals surface area contributed by atoms with E-state index in [1.165, 1.54) is 49.0 Å². The lowest BCUT2D eigenvalue weighted by atomic mass is 9.84. The zero-order chi connectivity index (χ0) is 81.7. The molecule has 0 atom stereocenters. The summed E-state index contributed by atoms with van der Waals surface area (Å²) in [6, 6.07) is 86.5. The van der Waals surface area contributed by atoms with Gasteiger partial charge in [-0.05, 0) is 226 Å². The molecule has 0 bridgehead atoms. The Kier molecular flexibility index (Phi) is 33.0. The minimum Gasteiger partial charge on any atom is -0.0991 e. The van der Waals surface area contributed by atoms with Crippen LogP contribution in [0.4, 0.5) is 0 Å². The molecule has 114 heavy (non-hydrogen) atoms. The van der Waals surface area contributed by atoms with Crippen LogP contribution in [0.2, 0.25) is 0 Å². The second-order valence-electron chi connectivity index (χ2n) is 26.6. The normalized spacial score (nSPS) is 11.1. The van der Waals surface area contributed by atoms with Crippen LogP contribution in [0.25, 0.3) is 128 Å². The summed E-state index contributed by atoms with van der Waals surface area (Å²) in [7, 11) is 0. The number of benzene rings is 11. The Morgan fingerprint density at radius 3 is 0.956 bits per heavy atom. The van der Waals surface area contributed by atoms with Crippen LogP contribution >= 0.6 is 0 Å². The average Bonchev–Trinajstić information content (AvgIpc) is 0.734. The highest BCUT2D eigenvalue weighted by Gasteiger charge is 2.18. The highest BCUT2D eigenvalue weighted by molar-refractivity contribution is 6.18. The molecule has 12 aromatic carbocycles. The van der Waals surface area contributed by atoms with Gasteiger partial charge >= 0.3 is 0 Å². The average molecular weight is 1470 g/mol. The summed E-state index contributed by atoms with van der Waals surface area (Å²) in [6.07, 6.45) is 43.6. The van der Waals surface area contributed by atoms with Crippen molar-refractivity contribution in [2.75, 3.05) is 0 Å². The summed E-state index contributed by atoms with van der Waals surface area (Å²) in [5, 5.41) is 14.4. The summed E-state index contributed by atoms with van der Waals surface area (Å²) < 4.78 is 0. The number of hydrogen-bond acceptors (Lipinski definition) is 0. The second kappa shape index (κ2) is 44.2. The van der Waals surface area contributed by atoms with Crippen molar-refractivity contribution >= 4 is 117 Å². The minimum absolute atomic E-state index is 0.795. The van der Waals surface area contributed by atoms with E-state index in [9.17, 15) is 0 Å². The summed E-state index contributed by atoms with van der Waals surface area (Å²) in [6.45, 7) is 68.8. The zero-order valence-electron chi connectivity index (χ0n) is 66.3. The van der Waals surface area contributed by atoms with Crippen molar-refractivity contribution in [3.8, 4) is 11.1 Å². The molecule has 0 aliphatic heterocycles. The quantitative estimate of drug-likeness (QED) is 0.0395. The third-order valence-electron chi connectivity index (χ3n) is 18.9. The molecule has 0 aromatic heterocycles. The zero-order valence-corrected chi connectivity index (χ0v) is 66.3. The first-order valence-electron chi connectivity index (χ1n) is 37.8. The van der Waals surface area contributed by atoms with E-state index in [0.717, 1.165) is 127 Å². The fourth-order valence-electron chi connectivity index (χ4n) is 12.8. The van der Waals surface area contributed by atoms with E-state index in [1.807, 2.05) is 165 Å². The Bertz CT molecular complexity index is 5700. The van der Waals surface area contributed by atoms with Gasteiger partial charge in [-0.25, -0.2) is 0 Å². The maximum atomic E-state index is 4.49. The lowest BCUT2D eigenvalue weighted by molar-refractivity contribution is 1.58. The van der Waals surface area contributed by atoms with Crippen molar-refractivity contribution in [2.24, 2.45) is 0 Å². The van der Waals surface area contributed by atoms with E-state index in [4.69, 9.17) is 0 Å². The van der Waals surface area contributed by atoms with Crippen molar-refractivity contribution in [1.29, 1.82) is 0 Å². The largest absolute Gasteiger partial charge is 0.0991 e. The fourth-order valence-corrected chi connectivity index (χ4v) is 12.8. The van der Waals surface area contributed by atoms with Crippen LogP contribution < -0.4 is 0 Å². The molecule has 0 spiro atoms. The molecule has 0 heteroatoms. The van der Waals surface area contributed by atoms with Crippen molar-refractivity contribution < 1.29 is 0 Å². The molecule has 0 N–H and O–H groups in total. The van der Waals surface area contributed by atoms with E-state index in [1.54, 1.807) is 24.3 Å². The molecular formula is C114H102. The van der Waals surface area contributed by atoms with Crippen LogP contribution in [0.5, 0.6) is 0 Å². The van der Waals surface area contributed by atoms with Crippen LogP contribution in [0.1, 0.15) is 63.9 Å². The van der Waals surface area contributed by atoms with Gasteiger partial charge in [0.15, 0.2) is 0 Å². The Hall–Kier alpha value is -14.6. The van der Waals surface area contributed by atoms with Gasteiger partial charge in [-0.1, -0.05) is 457 Å². The molecular weight excluding hydrogens is 1370 g/mol. The molecule has 0 saturated carbocycles. The van der Waals surface area contributed by atoms with Gasteiger partial charge in [0.1, 0.15) is 0 Å². The molecule has 12 aromatic rings. The van der Waals surface area contributed by atoms with E-state index >= 15 is 0 Å². The molecule has 0 nitrogen and oxygen atoms in total. The fraction of sp³-hybridized carbons (Fsp3) is 0.0175. The summed E-state index contributed by atoms with van der Waals surface area (Å²) in [4.78, 5) is 0. The molecule has 558 valence electrons. The van der Waals surface area contributed by atoms with E-state index in [-0.39, 0.29) is 0 Å².